The number of rotatable bonds is 8. The SMILES string of the molecule is CC[C@@H]1Cc2cc(OC)c(OC)cc2-c2cc(=O)c(C(=O)O)cn21.CC[C@H]1Cc2cc(OC)c(OC)cc2-c2cc(=O)c(C(=O)O)cn21. The topological polar surface area (TPSA) is 156 Å². The molecule has 4 aromatic rings. The number of ether oxygens (including phenoxy) is 4. The lowest BCUT2D eigenvalue weighted by molar-refractivity contribution is 0.0683. The molecule has 2 aliphatic rings. The highest BCUT2D eigenvalue weighted by molar-refractivity contribution is 5.88. The molecule has 2 aromatic heterocycles. The smallest absolute Gasteiger partial charge is 0.341 e. The summed E-state index contributed by atoms with van der Waals surface area (Å²) < 4.78 is 25.2. The molecule has 0 saturated heterocycles. The Morgan fingerprint density at radius 3 is 1.25 bits per heavy atom. The minimum Gasteiger partial charge on any atom is -0.493 e. The van der Waals surface area contributed by atoms with Crippen molar-refractivity contribution in [3.05, 3.63) is 91.5 Å². The average Bonchev–Trinajstić information content (AvgIpc) is 3.08. The molecule has 0 unspecified atom stereocenters. The summed E-state index contributed by atoms with van der Waals surface area (Å²) in [5, 5.41) is 18.4. The molecule has 0 bridgehead atoms. The number of fused-ring (bicyclic) bond motifs is 6. The average molecular weight is 659 g/mol. The van der Waals surface area contributed by atoms with Crippen molar-refractivity contribution in [3.63, 3.8) is 0 Å². The maximum Gasteiger partial charge on any atom is 0.341 e. The molecule has 0 radical (unpaired) electrons. The zero-order chi connectivity index (χ0) is 34.9. The molecular formula is C36H38N2O10. The van der Waals surface area contributed by atoms with E-state index >= 15 is 0 Å². The number of carboxylic acids is 2. The first-order chi connectivity index (χ1) is 23.0. The predicted octanol–water partition coefficient (Wildman–Crippen LogP) is 5.48. The number of aromatic nitrogens is 2. The fraction of sp³-hybridized carbons (Fsp3) is 0.333. The van der Waals surface area contributed by atoms with Crippen LogP contribution >= 0.6 is 0 Å². The van der Waals surface area contributed by atoms with Crippen molar-refractivity contribution in [2.24, 2.45) is 0 Å². The van der Waals surface area contributed by atoms with Crippen LogP contribution in [0.1, 0.15) is 70.6 Å². The zero-order valence-corrected chi connectivity index (χ0v) is 27.7. The maximum atomic E-state index is 12.2. The van der Waals surface area contributed by atoms with E-state index in [2.05, 4.69) is 0 Å². The van der Waals surface area contributed by atoms with Gasteiger partial charge in [0.2, 0.25) is 0 Å². The first kappa shape index (κ1) is 33.8. The lowest BCUT2D eigenvalue weighted by Crippen LogP contribution is -2.25. The van der Waals surface area contributed by atoms with Gasteiger partial charge in [-0.1, -0.05) is 13.8 Å². The lowest BCUT2D eigenvalue weighted by atomic mass is 9.90. The molecule has 48 heavy (non-hydrogen) atoms. The van der Waals surface area contributed by atoms with Gasteiger partial charge in [-0.05, 0) is 61.1 Å². The maximum absolute atomic E-state index is 12.2. The molecule has 12 heteroatoms. The fourth-order valence-electron chi connectivity index (χ4n) is 6.50. The molecular weight excluding hydrogens is 620 g/mol. The highest BCUT2D eigenvalue weighted by Crippen LogP contribution is 2.43. The van der Waals surface area contributed by atoms with Gasteiger partial charge in [-0.3, -0.25) is 9.59 Å². The van der Waals surface area contributed by atoms with E-state index < -0.39 is 22.8 Å². The van der Waals surface area contributed by atoms with Crippen molar-refractivity contribution in [1.82, 2.24) is 9.13 Å². The minimum atomic E-state index is -1.21. The summed E-state index contributed by atoms with van der Waals surface area (Å²) in [6.45, 7) is 4.08. The van der Waals surface area contributed by atoms with Crippen LogP contribution in [0.4, 0.5) is 0 Å². The van der Waals surface area contributed by atoms with E-state index in [0.717, 1.165) is 47.9 Å². The van der Waals surface area contributed by atoms with Crippen molar-refractivity contribution >= 4 is 11.9 Å². The van der Waals surface area contributed by atoms with E-state index in [1.54, 1.807) is 28.4 Å². The minimum absolute atomic E-state index is 0.0873. The summed E-state index contributed by atoms with van der Waals surface area (Å²) in [4.78, 5) is 46.9. The van der Waals surface area contributed by atoms with E-state index in [4.69, 9.17) is 18.9 Å². The number of pyridine rings is 2. The molecule has 6 rings (SSSR count). The zero-order valence-electron chi connectivity index (χ0n) is 27.7. The highest BCUT2D eigenvalue weighted by atomic mass is 16.5. The Labute approximate surface area is 276 Å². The van der Waals surface area contributed by atoms with Crippen LogP contribution in [0.5, 0.6) is 23.0 Å². The molecule has 252 valence electrons. The molecule has 0 aliphatic carbocycles. The molecule has 4 heterocycles. The Hall–Kier alpha value is -5.52. The van der Waals surface area contributed by atoms with Crippen molar-refractivity contribution in [2.45, 2.75) is 51.6 Å². The molecule has 2 atom stereocenters. The third-order valence-electron chi connectivity index (χ3n) is 9.03. The van der Waals surface area contributed by atoms with E-state index in [1.807, 2.05) is 47.2 Å². The largest absolute Gasteiger partial charge is 0.493 e. The van der Waals surface area contributed by atoms with Gasteiger partial charge in [0.25, 0.3) is 0 Å². The van der Waals surface area contributed by atoms with Crippen LogP contribution in [-0.2, 0) is 12.8 Å². The fourth-order valence-corrected chi connectivity index (χ4v) is 6.50. The Balaban J connectivity index is 0.000000188. The summed E-state index contributed by atoms with van der Waals surface area (Å²) in [5.74, 6) is 0.0275. The van der Waals surface area contributed by atoms with Gasteiger partial charge in [-0.2, -0.15) is 0 Å². The Morgan fingerprint density at radius 2 is 0.958 bits per heavy atom. The van der Waals surface area contributed by atoms with Crippen LogP contribution < -0.4 is 29.8 Å². The van der Waals surface area contributed by atoms with Crippen LogP contribution in [0.15, 0.2) is 58.4 Å². The summed E-state index contributed by atoms with van der Waals surface area (Å²) in [5.41, 5.74) is 3.86. The predicted molar refractivity (Wildman–Crippen MR) is 178 cm³/mol. The number of methoxy groups -OCH3 is 4. The Kier molecular flexibility index (Phi) is 9.64. The third-order valence-corrected chi connectivity index (χ3v) is 9.03. The molecule has 0 fully saturated rings. The Morgan fingerprint density at radius 1 is 0.625 bits per heavy atom. The van der Waals surface area contributed by atoms with Gasteiger partial charge in [-0.15, -0.1) is 0 Å². The quantitative estimate of drug-likeness (QED) is 0.249. The number of aromatic carboxylic acids is 2. The van der Waals surface area contributed by atoms with Crippen molar-refractivity contribution < 1.29 is 38.7 Å². The van der Waals surface area contributed by atoms with Crippen LogP contribution in [0.25, 0.3) is 22.5 Å². The van der Waals surface area contributed by atoms with Crippen molar-refractivity contribution in [2.75, 3.05) is 28.4 Å². The number of benzene rings is 2. The molecule has 2 N–H and O–H groups in total. The number of carboxylic acid groups (broad SMARTS) is 2. The Bertz CT molecular complexity index is 1880. The van der Waals surface area contributed by atoms with Crippen molar-refractivity contribution in [3.8, 4) is 45.5 Å². The third kappa shape index (κ3) is 6.01. The summed E-state index contributed by atoms with van der Waals surface area (Å²) in [6, 6.07) is 10.5. The molecule has 2 aliphatic heterocycles. The highest BCUT2D eigenvalue weighted by Gasteiger charge is 2.28. The monoisotopic (exact) mass is 658 g/mol. The second-order valence-corrected chi connectivity index (χ2v) is 11.6. The lowest BCUT2D eigenvalue weighted by Gasteiger charge is -2.30. The van der Waals surface area contributed by atoms with Gasteiger partial charge in [0.15, 0.2) is 33.9 Å². The van der Waals surface area contributed by atoms with Gasteiger partial charge in [0.1, 0.15) is 11.1 Å². The molecule has 12 nitrogen and oxygen atoms in total. The number of hydrogen-bond acceptors (Lipinski definition) is 8. The van der Waals surface area contributed by atoms with E-state index in [1.165, 1.54) is 24.5 Å². The number of nitrogens with zero attached hydrogens (tertiary/aromatic N) is 2. The molecule has 0 spiro atoms. The molecule has 2 aromatic carbocycles. The second kappa shape index (κ2) is 13.7. The molecule has 0 saturated carbocycles. The number of hydrogen-bond donors (Lipinski definition) is 2. The van der Waals surface area contributed by atoms with Crippen LogP contribution in [0.3, 0.4) is 0 Å². The first-order valence-electron chi connectivity index (χ1n) is 15.5. The summed E-state index contributed by atoms with van der Waals surface area (Å²) in [7, 11) is 6.29. The van der Waals surface area contributed by atoms with Gasteiger partial charge < -0.3 is 38.3 Å². The van der Waals surface area contributed by atoms with Gasteiger partial charge in [0.05, 0.1) is 39.8 Å². The summed E-state index contributed by atoms with van der Waals surface area (Å²) >= 11 is 0. The van der Waals surface area contributed by atoms with Crippen LogP contribution in [-0.4, -0.2) is 59.7 Å². The molecule has 0 amide bonds. The second-order valence-electron chi connectivity index (χ2n) is 11.6. The normalized spacial score (nSPS) is 15.4. The van der Waals surface area contributed by atoms with Gasteiger partial charge >= 0.3 is 11.9 Å². The van der Waals surface area contributed by atoms with E-state index in [9.17, 15) is 29.4 Å². The van der Waals surface area contributed by atoms with E-state index in [0.29, 0.717) is 34.4 Å². The number of carbonyl (C=O) groups is 2. The van der Waals surface area contributed by atoms with Gasteiger partial charge in [0, 0.05) is 47.7 Å². The standard InChI is InChI=1S/2C18H19NO5/c2*1-4-11-5-10-6-16(23-2)17(24-3)7-12(10)14-8-15(20)13(18(21)22)9-19(11)14/h2*6-9,11H,4-5H2,1-3H3,(H,21,22)/t2*11-/m10/s1. The van der Waals surface area contributed by atoms with E-state index in [-0.39, 0.29) is 23.2 Å². The first-order valence-corrected chi connectivity index (χ1v) is 15.5. The van der Waals surface area contributed by atoms with Crippen LogP contribution in [0.2, 0.25) is 0 Å². The van der Waals surface area contributed by atoms with Crippen molar-refractivity contribution in [1.29, 1.82) is 0 Å². The van der Waals surface area contributed by atoms with Gasteiger partial charge in [-0.25, -0.2) is 9.59 Å². The van der Waals surface area contributed by atoms with Crippen LogP contribution in [0, 0.1) is 0 Å². The summed E-state index contributed by atoms with van der Waals surface area (Å²) in [6.07, 6.45) is 6.02.